The Hall–Kier alpha value is -1.22. The van der Waals surface area contributed by atoms with Crippen LogP contribution in [0.1, 0.15) is 33.1 Å². The van der Waals surface area contributed by atoms with Crippen LogP contribution in [-0.2, 0) is 0 Å². The van der Waals surface area contributed by atoms with Gasteiger partial charge in [0.15, 0.2) is 0 Å². The molecule has 0 amide bonds. The minimum absolute atomic E-state index is 0.240. The van der Waals surface area contributed by atoms with E-state index in [-0.39, 0.29) is 5.75 Å². The molecule has 92 valence electrons. The van der Waals surface area contributed by atoms with Gasteiger partial charge >= 0.3 is 0 Å². The quantitative estimate of drug-likeness (QED) is 0.732. The van der Waals surface area contributed by atoms with Gasteiger partial charge < -0.3 is 15.6 Å². The molecule has 3 N–H and O–H groups in total. The van der Waals surface area contributed by atoms with Gasteiger partial charge in [-0.3, -0.25) is 0 Å². The number of hydrogen-bond donors (Lipinski definition) is 2. The number of aromatic hydroxyl groups is 1. The van der Waals surface area contributed by atoms with Gasteiger partial charge in [-0.2, -0.15) is 0 Å². The van der Waals surface area contributed by atoms with Gasteiger partial charge in [-0.05, 0) is 37.9 Å². The first-order valence-corrected chi connectivity index (χ1v) is 5.95. The van der Waals surface area contributed by atoms with Gasteiger partial charge in [-0.1, -0.05) is 19.9 Å². The normalized spacial score (nSPS) is 9.19. The molecule has 0 spiro atoms. The Labute approximate surface area is 98.2 Å². The molecule has 16 heavy (non-hydrogen) atoms. The predicted octanol–water partition coefficient (Wildman–Crippen LogP) is 2.93. The number of hydrogen-bond acceptors (Lipinski definition) is 3. The van der Waals surface area contributed by atoms with Gasteiger partial charge in [0.1, 0.15) is 11.5 Å². The van der Waals surface area contributed by atoms with Gasteiger partial charge in [0.25, 0.3) is 0 Å². The lowest BCUT2D eigenvalue weighted by molar-refractivity contribution is 0.304. The number of rotatable bonds is 6. The average Bonchev–Trinajstić information content (AvgIpc) is 2.32. The first kappa shape index (κ1) is 14.8. The smallest absolute Gasteiger partial charge is 0.122 e. The van der Waals surface area contributed by atoms with Crippen molar-refractivity contribution in [2.45, 2.75) is 33.1 Å². The lowest BCUT2D eigenvalue weighted by atomic mass is 10.2. The molecule has 0 atom stereocenters. The number of phenolic OH excluding ortho intramolecular Hbond substituents is 1. The van der Waals surface area contributed by atoms with Crippen LogP contribution < -0.4 is 10.5 Å². The monoisotopic (exact) mass is 225 g/mol. The number of benzene rings is 1. The summed E-state index contributed by atoms with van der Waals surface area (Å²) in [5.41, 5.74) is 5.37. The van der Waals surface area contributed by atoms with Gasteiger partial charge in [0.05, 0.1) is 6.61 Å². The highest BCUT2D eigenvalue weighted by atomic mass is 16.5. The Kier molecular flexibility index (Phi) is 9.52. The Balaban J connectivity index is 0.00000106. The molecule has 0 bridgehead atoms. The Morgan fingerprint density at radius 1 is 1.19 bits per heavy atom. The van der Waals surface area contributed by atoms with Crippen LogP contribution in [0.2, 0.25) is 0 Å². The molecule has 0 aliphatic rings. The maximum atomic E-state index is 9.16. The van der Waals surface area contributed by atoms with Crippen LogP contribution in [0.4, 0.5) is 0 Å². The second-order valence-corrected chi connectivity index (χ2v) is 3.20. The molecule has 3 nitrogen and oxygen atoms in total. The van der Waals surface area contributed by atoms with Crippen LogP contribution in [0, 0.1) is 0 Å². The number of phenols is 1. The van der Waals surface area contributed by atoms with E-state index in [1.54, 1.807) is 18.2 Å². The summed E-state index contributed by atoms with van der Waals surface area (Å²) < 4.78 is 5.43. The van der Waals surface area contributed by atoms with E-state index in [4.69, 9.17) is 15.6 Å². The van der Waals surface area contributed by atoms with E-state index in [0.717, 1.165) is 31.6 Å². The fourth-order valence-electron chi connectivity index (χ4n) is 1.19. The van der Waals surface area contributed by atoms with Crippen LogP contribution in [0.3, 0.4) is 0 Å². The number of ether oxygens (including phenoxy) is 1. The van der Waals surface area contributed by atoms with Gasteiger partial charge in [0, 0.05) is 6.07 Å². The Morgan fingerprint density at radius 2 is 1.94 bits per heavy atom. The molecular weight excluding hydrogens is 202 g/mol. The molecular formula is C13H23NO2. The Morgan fingerprint density at radius 3 is 2.56 bits per heavy atom. The van der Waals surface area contributed by atoms with Crippen molar-refractivity contribution in [3.8, 4) is 11.5 Å². The SMILES string of the molecule is CC.NCCCCCOc1cccc(O)c1. The van der Waals surface area contributed by atoms with E-state index in [2.05, 4.69) is 0 Å². The van der Waals surface area contributed by atoms with Crippen LogP contribution in [0.25, 0.3) is 0 Å². The zero-order chi connectivity index (χ0) is 12.2. The third kappa shape index (κ3) is 7.12. The number of unbranched alkanes of at least 4 members (excludes halogenated alkanes) is 2. The fourth-order valence-corrected chi connectivity index (χ4v) is 1.19. The molecule has 0 aromatic heterocycles. The van der Waals surface area contributed by atoms with Gasteiger partial charge in [0.2, 0.25) is 0 Å². The maximum absolute atomic E-state index is 9.16. The second kappa shape index (κ2) is 10.3. The highest BCUT2D eigenvalue weighted by molar-refractivity contribution is 5.31. The highest BCUT2D eigenvalue weighted by Gasteiger charge is 1.94. The molecule has 0 saturated carbocycles. The third-order valence-corrected chi connectivity index (χ3v) is 1.93. The van der Waals surface area contributed by atoms with E-state index in [1.807, 2.05) is 19.9 Å². The molecule has 0 radical (unpaired) electrons. The molecule has 0 heterocycles. The second-order valence-electron chi connectivity index (χ2n) is 3.20. The summed E-state index contributed by atoms with van der Waals surface area (Å²) in [5.74, 6) is 0.960. The number of nitrogens with two attached hydrogens (primary N) is 1. The standard InChI is InChI=1S/C11H17NO2.C2H6/c12-7-2-1-3-8-14-11-6-4-5-10(13)9-11;1-2/h4-6,9,13H,1-3,7-8,12H2;1-2H3. The van der Waals surface area contributed by atoms with Crippen molar-refractivity contribution in [2.75, 3.05) is 13.2 Å². The van der Waals surface area contributed by atoms with Crippen molar-refractivity contribution in [1.82, 2.24) is 0 Å². The molecule has 1 rings (SSSR count). The van der Waals surface area contributed by atoms with E-state index in [0.29, 0.717) is 6.61 Å². The van der Waals surface area contributed by atoms with E-state index in [9.17, 15) is 0 Å². The molecule has 0 fully saturated rings. The summed E-state index contributed by atoms with van der Waals surface area (Å²) in [6.45, 7) is 5.43. The van der Waals surface area contributed by atoms with Crippen LogP contribution in [0.5, 0.6) is 11.5 Å². The minimum atomic E-state index is 0.240. The van der Waals surface area contributed by atoms with Crippen molar-refractivity contribution >= 4 is 0 Å². The van der Waals surface area contributed by atoms with E-state index >= 15 is 0 Å². The van der Waals surface area contributed by atoms with E-state index < -0.39 is 0 Å². The van der Waals surface area contributed by atoms with Crippen molar-refractivity contribution in [3.63, 3.8) is 0 Å². The molecule has 0 unspecified atom stereocenters. The first-order valence-electron chi connectivity index (χ1n) is 5.95. The molecule has 0 aliphatic carbocycles. The average molecular weight is 225 g/mol. The van der Waals surface area contributed by atoms with Crippen molar-refractivity contribution < 1.29 is 9.84 Å². The fraction of sp³-hybridized carbons (Fsp3) is 0.538. The lowest BCUT2D eigenvalue weighted by Crippen LogP contribution is -2.01. The van der Waals surface area contributed by atoms with Crippen LogP contribution in [-0.4, -0.2) is 18.3 Å². The summed E-state index contributed by atoms with van der Waals surface area (Å²) in [5, 5.41) is 9.16. The van der Waals surface area contributed by atoms with Gasteiger partial charge in [-0.25, -0.2) is 0 Å². The molecule has 1 aromatic rings. The largest absolute Gasteiger partial charge is 0.508 e. The topological polar surface area (TPSA) is 55.5 Å². The van der Waals surface area contributed by atoms with Gasteiger partial charge in [-0.15, -0.1) is 0 Å². The summed E-state index contributed by atoms with van der Waals surface area (Å²) in [6.07, 6.45) is 3.14. The minimum Gasteiger partial charge on any atom is -0.508 e. The Bertz CT molecular complexity index is 264. The first-order chi connectivity index (χ1) is 7.83. The lowest BCUT2D eigenvalue weighted by Gasteiger charge is -2.05. The van der Waals surface area contributed by atoms with Crippen LogP contribution in [0.15, 0.2) is 24.3 Å². The molecule has 1 aromatic carbocycles. The van der Waals surface area contributed by atoms with Crippen molar-refractivity contribution in [3.05, 3.63) is 24.3 Å². The summed E-state index contributed by atoms with van der Waals surface area (Å²) in [4.78, 5) is 0. The zero-order valence-corrected chi connectivity index (χ0v) is 10.3. The predicted molar refractivity (Wildman–Crippen MR) is 67.9 cm³/mol. The summed E-state index contributed by atoms with van der Waals surface area (Å²) >= 11 is 0. The third-order valence-electron chi connectivity index (χ3n) is 1.93. The highest BCUT2D eigenvalue weighted by Crippen LogP contribution is 2.17. The zero-order valence-electron chi connectivity index (χ0n) is 10.3. The van der Waals surface area contributed by atoms with Crippen LogP contribution >= 0.6 is 0 Å². The van der Waals surface area contributed by atoms with Crippen molar-refractivity contribution in [2.24, 2.45) is 5.73 Å². The molecule has 0 aliphatic heterocycles. The summed E-state index contributed by atoms with van der Waals surface area (Å²) in [6, 6.07) is 6.84. The summed E-state index contributed by atoms with van der Waals surface area (Å²) in [7, 11) is 0. The molecule has 0 saturated heterocycles. The van der Waals surface area contributed by atoms with Crippen molar-refractivity contribution in [1.29, 1.82) is 0 Å². The van der Waals surface area contributed by atoms with E-state index in [1.165, 1.54) is 0 Å². The molecule has 3 heteroatoms. The maximum Gasteiger partial charge on any atom is 0.122 e.